The molecule has 2 atom stereocenters. The smallest absolute Gasteiger partial charge is 0.348 e. The molecule has 0 bridgehead atoms. The van der Waals surface area contributed by atoms with Crippen molar-refractivity contribution in [3.05, 3.63) is 41.0 Å². The van der Waals surface area contributed by atoms with Gasteiger partial charge in [0.05, 0.1) is 5.56 Å². The fourth-order valence-electron chi connectivity index (χ4n) is 2.86. The summed E-state index contributed by atoms with van der Waals surface area (Å²) in [5.41, 5.74) is -0.488. The molecule has 1 aromatic carbocycles. The molecule has 0 radical (unpaired) electrons. The molecule has 0 aromatic heterocycles. The summed E-state index contributed by atoms with van der Waals surface area (Å²) in [6.07, 6.45) is 0.999. The minimum atomic E-state index is -4.41. The number of nitriles is 1. The number of nitrogens with zero attached hydrogens (tertiary/aromatic N) is 1. The summed E-state index contributed by atoms with van der Waals surface area (Å²) in [4.78, 5) is 12.2. The lowest BCUT2D eigenvalue weighted by atomic mass is 9.86. The molecule has 0 spiro atoms. The zero-order valence-corrected chi connectivity index (χ0v) is 13.4. The van der Waals surface area contributed by atoms with Gasteiger partial charge in [-0.1, -0.05) is 31.9 Å². The fourth-order valence-corrected chi connectivity index (χ4v) is 2.86. The van der Waals surface area contributed by atoms with Gasteiger partial charge >= 0.3 is 6.18 Å². The van der Waals surface area contributed by atoms with Crippen molar-refractivity contribution in [2.75, 3.05) is 0 Å². The van der Waals surface area contributed by atoms with Crippen LogP contribution in [0.5, 0.6) is 0 Å². The minimum absolute atomic E-state index is 0.0376. The number of amides is 1. The summed E-state index contributed by atoms with van der Waals surface area (Å²) in [5, 5.41) is 12.0. The third-order valence-electron chi connectivity index (χ3n) is 4.34. The predicted octanol–water partition coefficient (Wildman–Crippen LogP) is 4.31. The maximum Gasteiger partial charge on any atom is 0.416 e. The maximum atomic E-state index is 12.5. The normalized spacial score (nSPS) is 21.9. The van der Waals surface area contributed by atoms with Gasteiger partial charge in [-0.25, -0.2) is 0 Å². The van der Waals surface area contributed by atoms with Crippen molar-refractivity contribution >= 4 is 12.0 Å². The fraction of sp³-hybridized carbons (Fsp3) is 0.444. The van der Waals surface area contributed by atoms with Gasteiger partial charge in [-0.2, -0.15) is 18.4 Å². The summed E-state index contributed by atoms with van der Waals surface area (Å²) in [6, 6.07) is 6.22. The van der Waals surface area contributed by atoms with Crippen LogP contribution in [0.15, 0.2) is 29.8 Å². The molecule has 1 fully saturated rings. The highest BCUT2D eigenvalue weighted by Crippen LogP contribution is 2.29. The van der Waals surface area contributed by atoms with Gasteiger partial charge in [0.2, 0.25) is 0 Å². The molecule has 0 aliphatic heterocycles. The van der Waals surface area contributed by atoms with Crippen LogP contribution in [0.1, 0.15) is 43.7 Å². The lowest BCUT2D eigenvalue weighted by molar-refractivity contribution is -0.137. The van der Waals surface area contributed by atoms with Crippen LogP contribution in [0, 0.1) is 17.2 Å². The van der Waals surface area contributed by atoms with Crippen molar-refractivity contribution in [3.8, 4) is 6.07 Å². The number of hydrogen-bond acceptors (Lipinski definition) is 2. The van der Waals surface area contributed by atoms with E-state index in [1.54, 1.807) is 0 Å². The van der Waals surface area contributed by atoms with Gasteiger partial charge in [0, 0.05) is 6.04 Å². The third-order valence-corrected chi connectivity index (χ3v) is 4.34. The van der Waals surface area contributed by atoms with Crippen LogP contribution >= 0.6 is 0 Å². The molecule has 1 aromatic rings. The number of hydrogen-bond donors (Lipinski definition) is 1. The summed E-state index contributed by atoms with van der Waals surface area (Å²) >= 11 is 0. The van der Waals surface area contributed by atoms with Gasteiger partial charge in [-0.3, -0.25) is 4.79 Å². The van der Waals surface area contributed by atoms with E-state index in [0.717, 1.165) is 37.8 Å². The van der Waals surface area contributed by atoms with Gasteiger partial charge in [0.1, 0.15) is 11.6 Å². The topological polar surface area (TPSA) is 52.9 Å². The molecule has 2 rings (SSSR count). The Morgan fingerprint density at radius 2 is 1.88 bits per heavy atom. The van der Waals surface area contributed by atoms with E-state index in [9.17, 15) is 23.2 Å². The lowest BCUT2D eigenvalue weighted by Gasteiger charge is -2.29. The van der Waals surface area contributed by atoms with Crippen LogP contribution in [0.25, 0.3) is 6.08 Å². The van der Waals surface area contributed by atoms with Crippen LogP contribution in [0.3, 0.4) is 0 Å². The van der Waals surface area contributed by atoms with E-state index in [0.29, 0.717) is 11.5 Å². The molecule has 1 amide bonds. The lowest BCUT2D eigenvalue weighted by Crippen LogP contribution is -2.41. The van der Waals surface area contributed by atoms with Crippen molar-refractivity contribution in [1.29, 1.82) is 5.26 Å². The number of carbonyl (C=O) groups is 1. The molecular formula is C18H19F3N2O. The SMILES string of the molecule is C[C@H]1CCCC[C@H]1NC(=O)/C(C#N)=C/c1ccc(C(F)(F)F)cc1. The van der Waals surface area contributed by atoms with E-state index in [1.807, 2.05) is 6.07 Å². The summed E-state index contributed by atoms with van der Waals surface area (Å²) < 4.78 is 37.6. The third kappa shape index (κ3) is 4.60. The Labute approximate surface area is 139 Å². The monoisotopic (exact) mass is 336 g/mol. The Hall–Kier alpha value is -2.29. The van der Waals surface area contributed by atoms with Crippen LogP contribution in [0.4, 0.5) is 13.2 Å². The first-order valence-electron chi connectivity index (χ1n) is 7.91. The number of carbonyl (C=O) groups excluding carboxylic acids is 1. The molecule has 0 unspecified atom stereocenters. The Bertz CT molecular complexity index is 656. The number of rotatable bonds is 3. The van der Waals surface area contributed by atoms with Crippen LogP contribution in [0.2, 0.25) is 0 Å². The zero-order chi connectivity index (χ0) is 17.7. The van der Waals surface area contributed by atoms with E-state index < -0.39 is 17.6 Å². The molecule has 6 heteroatoms. The van der Waals surface area contributed by atoms with Crippen molar-refractivity contribution in [2.45, 2.75) is 44.8 Å². The molecule has 0 heterocycles. The van der Waals surface area contributed by atoms with Crippen LogP contribution in [-0.2, 0) is 11.0 Å². The number of halogens is 3. The predicted molar refractivity (Wildman–Crippen MR) is 84.6 cm³/mol. The maximum absolute atomic E-state index is 12.5. The molecule has 1 saturated carbocycles. The van der Waals surface area contributed by atoms with E-state index in [1.165, 1.54) is 18.2 Å². The van der Waals surface area contributed by atoms with Gasteiger partial charge in [-0.05, 0) is 42.5 Å². The van der Waals surface area contributed by atoms with E-state index in [4.69, 9.17) is 0 Å². The number of alkyl halides is 3. The molecule has 1 aliphatic carbocycles. The summed E-state index contributed by atoms with van der Waals surface area (Å²) in [7, 11) is 0. The Morgan fingerprint density at radius 3 is 2.42 bits per heavy atom. The van der Waals surface area contributed by atoms with Crippen LogP contribution < -0.4 is 5.32 Å². The van der Waals surface area contributed by atoms with Crippen LogP contribution in [-0.4, -0.2) is 11.9 Å². The van der Waals surface area contributed by atoms with Crippen molar-refractivity contribution in [2.24, 2.45) is 5.92 Å². The van der Waals surface area contributed by atoms with Crippen molar-refractivity contribution in [1.82, 2.24) is 5.32 Å². The highest BCUT2D eigenvalue weighted by atomic mass is 19.4. The standard InChI is InChI=1S/C18H19F3N2O/c1-12-4-2-3-5-16(12)23-17(24)14(11-22)10-13-6-8-15(9-7-13)18(19,20)21/h6-10,12,16H,2-5H2,1H3,(H,23,24)/b14-10+/t12-,16+/m0/s1. The second-order valence-corrected chi connectivity index (χ2v) is 6.13. The van der Waals surface area contributed by atoms with E-state index >= 15 is 0 Å². The zero-order valence-electron chi connectivity index (χ0n) is 13.4. The highest BCUT2D eigenvalue weighted by molar-refractivity contribution is 6.01. The van der Waals surface area contributed by atoms with Crippen molar-refractivity contribution in [3.63, 3.8) is 0 Å². The molecule has 24 heavy (non-hydrogen) atoms. The average molecular weight is 336 g/mol. The first-order valence-corrected chi connectivity index (χ1v) is 7.91. The van der Waals surface area contributed by atoms with Gasteiger partial charge in [-0.15, -0.1) is 0 Å². The molecule has 0 saturated heterocycles. The minimum Gasteiger partial charge on any atom is -0.348 e. The number of benzene rings is 1. The first-order chi connectivity index (χ1) is 11.3. The molecule has 1 N–H and O–H groups in total. The summed E-state index contributed by atoms with van der Waals surface area (Å²) in [5.74, 6) is -0.121. The molecular weight excluding hydrogens is 317 g/mol. The van der Waals surface area contributed by atoms with E-state index in [2.05, 4.69) is 12.2 Å². The van der Waals surface area contributed by atoms with E-state index in [-0.39, 0.29) is 11.6 Å². The van der Waals surface area contributed by atoms with Crippen molar-refractivity contribution < 1.29 is 18.0 Å². The molecule has 1 aliphatic rings. The number of nitrogens with one attached hydrogen (secondary N) is 1. The van der Waals surface area contributed by atoms with Gasteiger partial charge < -0.3 is 5.32 Å². The average Bonchev–Trinajstić information content (AvgIpc) is 2.54. The largest absolute Gasteiger partial charge is 0.416 e. The molecule has 3 nitrogen and oxygen atoms in total. The Kier molecular flexibility index (Phi) is 5.66. The highest BCUT2D eigenvalue weighted by Gasteiger charge is 2.30. The molecule has 128 valence electrons. The Balaban J connectivity index is 2.11. The van der Waals surface area contributed by atoms with Gasteiger partial charge in [0.25, 0.3) is 5.91 Å². The second kappa shape index (κ2) is 7.52. The Morgan fingerprint density at radius 1 is 1.25 bits per heavy atom. The van der Waals surface area contributed by atoms with Gasteiger partial charge in [0.15, 0.2) is 0 Å². The summed E-state index contributed by atoms with van der Waals surface area (Å²) in [6.45, 7) is 2.07. The first kappa shape index (κ1) is 18.1. The quantitative estimate of drug-likeness (QED) is 0.661. The second-order valence-electron chi connectivity index (χ2n) is 6.13.